The molecule has 1 aromatic heterocycles. The lowest BCUT2D eigenvalue weighted by molar-refractivity contribution is 0.424. The van der Waals surface area contributed by atoms with Gasteiger partial charge in [-0.15, -0.1) is 0 Å². The van der Waals surface area contributed by atoms with Gasteiger partial charge in [0.2, 0.25) is 0 Å². The lowest BCUT2D eigenvalue weighted by atomic mass is 10.0. The average molecular weight is 275 g/mol. The molecular weight excluding hydrogens is 246 g/mol. The van der Waals surface area contributed by atoms with E-state index >= 15 is 0 Å². The van der Waals surface area contributed by atoms with Crippen molar-refractivity contribution in [1.82, 2.24) is 10.3 Å². The van der Waals surface area contributed by atoms with E-state index in [1.807, 2.05) is 12.3 Å². The minimum atomic E-state index is 0.142. The monoisotopic (exact) mass is 275 g/mol. The molecule has 1 N–H and O–H groups in total. The van der Waals surface area contributed by atoms with Crippen molar-refractivity contribution in [2.24, 2.45) is 5.92 Å². The molecule has 0 amide bonds. The van der Waals surface area contributed by atoms with E-state index in [2.05, 4.69) is 49.0 Å². The molecular formula is C17H29N3. The van der Waals surface area contributed by atoms with E-state index in [9.17, 15) is 0 Å². The van der Waals surface area contributed by atoms with Crippen LogP contribution < -0.4 is 10.2 Å². The third-order valence-electron chi connectivity index (χ3n) is 3.96. The molecule has 3 nitrogen and oxygen atoms in total. The molecule has 2 heterocycles. The average Bonchev–Trinajstić information content (AvgIpc) is 2.85. The van der Waals surface area contributed by atoms with Crippen LogP contribution in [0.3, 0.4) is 0 Å². The number of nitrogens with zero attached hydrogens (tertiary/aromatic N) is 2. The zero-order chi connectivity index (χ0) is 14.6. The Morgan fingerprint density at radius 2 is 2.20 bits per heavy atom. The van der Waals surface area contributed by atoms with Gasteiger partial charge in [-0.05, 0) is 45.6 Å². The Morgan fingerprint density at radius 3 is 2.90 bits per heavy atom. The summed E-state index contributed by atoms with van der Waals surface area (Å²) in [7, 11) is 0. The van der Waals surface area contributed by atoms with E-state index in [1.54, 1.807) is 0 Å². The third kappa shape index (κ3) is 4.20. The number of aromatic nitrogens is 1. The Morgan fingerprint density at radius 1 is 1.40 bits per heavy atom. The number of nitrogens with one attached hydrogen (secondary N) is 1. The van der Waals surface area contributed by atoms with Crippen molar-refractivity contribution >= 4 is 5.82 Å². The summed E-state index contributed by atoms with van der Waals surface area (Å²) in [5.74, 6) is 2.04. The van der Waals surface area contributed by atoms with Crippen LogP contribution in [0.15, 0.2) is 18.3 Å². The van der Waals surface area contributed by atoms with E-state index in [4.69, 9.17) is 0 Å². The maximum atomic E-state index is 4.64. The summed E-state index contributed by atoms with van der Waals surface area (Å²) in [6.45, 7) is 12.1. The number of hydrogen-bond acceptors (Lipinski definition) is 3. The van der Waals surface area contributed by atoms with E-state index < -0.39 is 0 Å². The molecule has 2 rings (SSSR count). The first kappa shape index (κ1) is 15.3. The van der Waals surface area contributed by atoms with Crippen LogP contribution in [0.4, 0.5) is 5.82 Å². The van der Waals surface area contributed by atoms with Crippen LogP contribution >= 0.6 is 0 Å². The van der Waals surface area contributed by atoms with Crippen LogP contribution in [0.5, 0.6) is 0 Å². The van der Waals surface area contributed by atoms with Crippen LogP contribution in [-0.4, -0.2) is 23.6 Å². The molecule has 1 saturated heterocycles. The topological polar surface area (TPSA) is 28.2 Å². The molecule has 1 unspecified atom stereocenters. The number of anilines is 1. The standard InChI is InChI=1S/C17H29N3/c1-5-7-14-9-11-20(13-14)16-15(8-6-10-18-16)12-19-17(2,3)4/h6,8,10,14,19H,5,7,9,11-13H2,1-4H3. The summed E-state index contributed by atoms with van der Waals surface area (Å²) in [6.07, 6.45) is 5.87. The number of rotatable bonds is 5. The number of hydrogen-bond donors (Lipinski definition) is 1. The molecule has 112 valence electrons. The van der Waals surface area contributed by atoms with Crippen LogP contribution in [0.1, 0.15) is 52.5 Å². The predicted octanol–water partition coefficient (Wildman–Crippen LogP) is 3.60. The first-order valence-electron chi connectivity index (χ1n) is 7.93. The first-order valence-corrected chi connectivity index (χ1v) is 7.93. The van der Waals surface area contributed by atoms with Crippen molar-refractivity contribution in [3.05, 3.63) is 23.9 Å². The minimum Gasteiger partial charge on any atom is -0.356 e. The Kier molecular flexibility index (Phi) is 5.03. The van der Waals surface area contributed by atoms with Gasteiger partial charge in [0.15, 0.2) is 0 Å². The summed E-state index contributed by atoms with van der Waals surface area (Å²) in [4.78, 5) is 7.11. The largest absolute Gasteiger partial charge is 0.356 e. The summed E-state index contributed by atoms with van der Waals surface area (Å²) >= 11 is 0. The van der Waals surface area contributed by atoms with Gasteiger partial charge in [0.1, 0.15) is 5.82 Å². The van der Waals surface area contributed by atoms with Gasteiger partial charge in [0.05, 0.1) is 0 Å². The molecule has 0 aliphatic carbocycles. The van der Waals surface area contributed by atoms with E-state index in [0.29, 0.717) is 0 Å². The predicted molar refractivity (Wildman–Crippen MR) is 86.1 cm³/mol. The second kappa shape index (κ2) is 6.57. The van der Waals surface area contributed by atoms with Gasteiger partial charge in [-0.3, -0.25) is 0 Å². The van der Waals surface area contributed by atoms with Crippen molar-refractivity contribution in [2.75, 3.05) is 18.0 Å². The van der Waals surface area contributed by atoms with E-state index in [0.717, 1.165) is 19.0 Å². The van der Waals surface area contributed by atoms with Crippen molar-refractivity contribution in [2.45, 2.75) is 59.0 Å². The molecule has 1 fully saturated rings. The summed E-state index contributed by atoms with van der Waals surface area (Å²) in [5, 5.41) is 3.57. The van der Waals surface area contributed by atoms with E-state index in [-0.39, 0.29) is 5.54 Å². The van der Waals surface area contributed by atoms with E-state index in [1.165, 1.54) is 37.2 Å². The lowest BCUT2D eigenvalue weighted by Crippen LogP contribution is -2.35. The molecule has 1 atom stereocenters. The summed E-state index contributed by atoms with van der Waals surface area (Å²) < 4.78 is 0. The van der Waals surface area contributed by atoms with Gasteiger partial charge < -0.3 is 10.2 Å². The maximum absolute atomic E-state index is 4.64. The lowest BCUT2D eigenvalue weighted by Gasteiger charge is -2.24. The van der Waals surface area contributed by atoms with Crippen molar-refractivity contribution in [3.63, 3.8) is 0 Å². The molecule has 1 aliphatic heterocycles. The van der Waals surface area contributed by atoms with Gasteiger partial charge in [-0.1, -0.05) is 19.4 Å². The first-order chi connectivity index (χ1) is 9.49. The second-order valence-corrected chi connectivity index (χ2v) is 6.98. The van der Waals surface area contributed by atoms with Gasteiger partial charge in [-0.2, -0.15) is 0 Å². The minimum absolute atomic E-state index is 0.142. The van der Waals surface area contributed by atoms with Crippen LogP contribution in [0, 0.1) is 5.92 Å². The van der Waals surface area contributed by atoms with Crippen molar-refractivity contribution in [3.8, 4) is 0 Å². The Labute approximate surface area is 123 Å². The molecule has 3 heteroatoms. The summed E-state index contributed by atoms with van der Waals surface area (Å²) in [6, 6.07) is 4.25. The zero-order valence-corrected chi connectivity index (χ0v) is 13.4. The molecule has 0 radical (unpaired) electrons. The van der Waals surface area contributed by atoms with Gasteiger partial charge in [0, 0.05) is 36.9 Å². The van der Waals surface area contributed by atoms with Crippen molar-refractivity contribution in [1.29, 1.82) is 0 Å². The highest BCUT2D eigenvalue weighted by atomic mass is 15.2. The van der Waals surface area contributed by atoms with Crippen LogP contribution in [0.2, 0.25) is 0 Å². The third-order valence-corrected chi connectivity index (χ3v) is 3.96. The van der Waals surface area contributed by atoms with Gasteiger partial charge >= 0.3 is 0 Å². The highest BCUT2D eigenvalue weighted by Crippen LogP contribution is 2.27. The molecule has 0 spiro atoms. The Bertz CT molecular complexity index is 422. The Hall–Kier alpha value is -1.09. The molecule has 0 bridgehead atoms. The zero-order valence-electron chi connectivity index (χ0n) is 13.4. The highest BCUT2D eigenvalue weighted by molar-refractivity contribution is 5.47. The molecule has 1 aliphatic rings. The fraction of sp³-hybridized carbons (Fsp3) is 0.706. The van der Waals surface area contributed by atoms with Crippen LogP contribution in [0.25, 0.3) is 0 Å². The molecule has 20 heavy (non-hydrogen) atoms. The maximum Gasteiger partial charge on any atom is 0.133 e. The molecule has 0 saturated carbocycles. The van der Waals surface area contributed by atoms with Crippen LogP contribution in [-0.2, 0) is 6.54 Å². The SMILES string of the molecule is CCCC1CCN(c2ncccc2CNC(C)(C)C)C1. The van der Waals surface area contributed by atoms with Gasteiger partial charge in [-0.25, -0.2) is 4.98 Å². The van der Waals surface area contributed by atoms with Crippen molar-refractivity contribution < 1.29 is 0 Å². The number of pyridine rings is 1. The smallest absolute Gasteiger partial charge is 0.133 e. The fourth-order valence-electron chi connectivity index (χ4n) is 2.88. The molecule has 0 aromatic carbocycles. The molecule has 1 aromatic rings. The van der Waals surface area contributed by atoms with Gasteiger partial charge in [0.25, 0.3) is 0 Å². The normalized spacial score (nSPS) is 19.6. The summed E-state index contributed by atoms with van der Waals surface area (Å²) in [5.41, 5.74) is 1.46. The fourth-order valence-corrected chi connectivity index (χ4v) is 2.88. The quantitative estimate of drug-likeness (QED) is 0.890. The Balaban J connectivity index is 2.04. The highest BCUT2D eigenvalue weighted by Gasteiger charge is 2.24. The second-order valence-electron chi connectivity index (χ2n) is 6.98.